The summed E-state index contributed by atoms with van der Waals surface area (Å²) in [5, 5.41) is 5.92. The first kappa shape index (κ1) is 14.4. The normalized spacial score (nSPS) is 11.1. The van der Waals surface area contributed by atoms with E-state index in [1.54, 1.807) is 6.20 Å². The molecule has 0 saturated heterocycles. The second kappa shape index (κ2) is 6.33. The standard InChI is InChI=1S/C13H22N4O/c1-5-13(3,4)9-16-12(18)10-7-14-8-11(17-10)15-6-2/h7-8H,5-6,9H2,1-4H3,(H,15,17)(H,16,18). The summed E-state index contributed by atoms with van der Waals surface area (Å²) in [6.07, 6.45) is 4.10. The van der Waals surface area contributed by atoms with Gasteiger partial charge in [-0.25, -0.2) is 4.98 Å². The molecule has 0 radical (unpaired) electrons. The van der Waals surface area contributed by atoms with Gasteiger partial charge in [0.1, 0.15) is 11.5 Å². The second-order valence-electron chi connectivity index (χ2n) is 5.02. The van der Waals surface area contributed by atoms with Gasteiger partial charge >= 0.3 is 0 Å². The van der Waals surface area contributed by atoms with Crippen LogP contribution in [0.5, 0.6) is 0 Å². The van der Waals surface area contributed by atoms with E-state index in [0.717, 1.165) is 13.0 Å². The van der Waals surface area contributed by atoms with Crippen LogP contribution in [0.2, 0.25) is 0 Å². The van der Waals surface area contributed by atoms with E-state index in [4.69, 9.17) is 0 Å². The van der Waals surface area contributed by atoms with Gasteiger partial charge in [-0.1, -0.05) is 20.8 Å². The van der Waals surface area contributed by atoms with Crippen LogP contribution in [0, 0.1) is 5.41 Å². The quantitative estimate of drug-likeness (QED) is 0.811. The average Bonchev–Trinajstić information content (AvgIpc) is 2.37. The third-order valence-corrected chi connectivity index (χ3v) is 2.91. The summed E-state index contributed by atoms with van der Waals surface area (Å²) in [5.41, 5.74) is 0.447. The molecular formula is C13H22N4O. The van der Waals surface area contributed by atoms with Gasteiger partial charge in [0, 0.05) is 13.1 Å². The number of nitrogens with zero attached hydrogens (tertiary/aromatic N) is 2. The number of carbonyl (C=O) groups is 1. The molecule has 0 bridgehead atoms. The van der Waals surface area contributed by atoms with Crippen LogP contribution in [0.4, 0.5) is 5.82 Å². The van der Waals surface area contributed by atoms with Gasteiger partial charge in [-0.2, -0.15) is 0 Å². The number of hydrogen-bond acceptors (Lipinski definition) is 4. The first-order valence-electron chi connectivity index (χ1n) is 6.32. The summed E-state index contributed by atoms with van der Waals surface area (Å²) in [6.45, 7) is 9.70. The Bertz CT molecular complexity index is 404. The Balaban J connectivity index is 2.64. The lowest BCUT2D eigenvalue weighted by molar-refractivity contribution is 0.0930. The summed E-state index contributed by atoms with van der Waals surface area (Å²) in [6, 6.07) is 0. The summed E-state index contributed by atoms with van der Waals surface area (Å²) in [4.78, 5) is 20.1. The first-order chi connectivity index (χ1) is 8.48. The minimum Gasteiger partial charge on any atom is -0.369 e. The Morgan fingerprint density at radius 1 is 1.33 bits per heavy atom. The maximum atomic E-state index is 11.9. The van der Waals surface area contributed by atoms with Crippen LogP contribution in [0.15, 0.2) is 12.4 Å². The molecule has 2 N–H and O–H groups in total. The van der Waals surface area contributed by atoms with Gasteiger partial charge in [-0.15, -0.1) is 0 Å². The smallest absolute Gasteiger partial charge is 0.271 e. The van der Waals surface area contributed by atoms with Crippen molar-refractivity contribution in [3.63, 3.8) is 0 Å². The molecule has 18 heavy (non-hydrogen) atoms. The Morgan fingerprint density at radius 3 is 2.67 bits per heavy atom. The molecule has 0 aliphatic carbocycles. The Morgan fingerprint density at radius 2 is 2.06 bits per heavy atom. The number of rotatable bonds is 6. The highest BCUT2D eigenvalue weighted by atomic mass is 16.1. The molecule has 1 amide bonds. The van der Waals surface area contributed by atoms with Crippen molar-refractivity contribution in [2.24, 2.45) is 5.41 Å². The Labute approximate surface area is 108 Å². The molecule has 1 heterocycles. The predicted octanol–water partition coefficient (Wildman–Crippen LogP) is 2.07. The van der Waals surface area contributed by atoms with Gasteiger partial charge in [-0.3, -0.25) is 9.78 Å². The first-order valence-corrected chi connectivity index (χ1v) is 6.32. The fourth-order valence-corrected chi connectivity index (χ4v) is 1.28. The molecule has 5 heteroatoms. The summed E-state index contributed by atoms with van der Waals surface area (Å²) in [7, 11) is 0. The molecule has 0 saturated carbocycles. The number of hydrogen-bond donors (Lipinski definition) is 2. The summed E-state index contributed by atoms with van der Waals surface area (Å²) in [5.74, 6) is 0.448. The molecule has 0 aliphatic heterocycles. The molecule has 100 valence electrons. The van der Waals surface area contributed by atoms with Crippen LogP contribution in [0.3, 0.4) is 0 Å². The fraction of sp³-hybridized carbons (Fsp3) is 0.615. The van der Waals surface area contributed by atoms with Gasteiger partial charge in [0.15, 0.2) is 0 Å². The van der Waals surface area contributed by atoms with E-state index < -0.39 is 0 Å². The largest absolute Gasteiger partial charge is 0.369 e. The molecule has 0 fully saturated rings. The number of amides is 1. The number of aromatic nitrogens is 2. The van der Waals surface area contributed by atoms with Crippen molar-refractivity contribution in [2.75, 3.05) is 18.4 Å². The van der Waals surface area contributed by atoms with Crippen LogP contribution in [-0.4, -0.2) is 29.0 Å². The number of carbonyl (C=O) groups excluding carboxylic acids is 1. The lowest BCUT2D eigenvalue weighted by atomic mass is 9.90. The maximum absolute atomic E-state index is 11.9. The van der Waals surface area contributed by atoms with E-state index in [1.165, 1.54) is 6.20 Å². The zero-order chi connectivity index (χ0) is 13.6. The van der Waals surface area contributed by atoms with E-state index in [-0.39, 0.29) is 11.3 Å². The minimum atomic E-state index is -0.177. The third-order valence-electron chi connectivity index (χ3n) is 2.91. The predicted molar refractivity (Wildman–Crippen MR) is 72.6 cm³/mol. The zero-order valence-corrected chi connectivity index (χ0v) is 11.6. The molecule has 0 atom stereocenters. The average molecular weight is 250 g/mol. The van der Waals surface area contributed by atoms with E-state index >= 15 is 0 Å². The van der Waals surface area contributed by atoms with E-state index in [9.17, 15) is 4.79 Å². The molecule has 1 aromatic rings. The highest BCUT2D eigenvalue weighted by Crippen LogP contribution is 2.17. The van der Waals surface area contributed by atoms with Gasteiger partial charge in [0.2, 0.25) is 0 Å². The van der Waals surface area contributed by atoms with E-state index in [2.05, 4.69) is 41.4 Å². The Kier molecular flexibility index (Phi) is 5.07. The zero-order valence-electron chi connectivity index (χ0n) is 11.6. The summed E-state index contributed by atoms with van der Waals surface area (Å²) < 4.78 is 0. The summed E-state index contributed by atoms with van der Waals surface area (Å²) >= 11 is 0. The van der Waals surface area contributed by atoms with Crippen LogP contribution in [-0.2, 0) is 0 Å². The molecule has 5 nitrogen and oxygen atoms in total. The van der Waals surface area contributed by atoms with Gasteiger partial charge in [0.25, 0.3) is 5.91 Å². The lowest BCUT2D eigenvalue weighted by Crippen LogP contribution is -2.34. The van der Waals surface area contributed by atoms with Gasteiger partial charge < -0.3 is 10.6 Å². The fourth-order valence-electron chi connectivity index (χ4n) is 1.28. The maximum Gasteiger partial charge on any atom is 0.271 e. The highest BCUT2D eigenvalue weighted by molar-refractivity contribution is 5.92. The third kappa shape index (κ3) is 4.31. The number of nitrogens with one attached hydrogen (secondary N) is 2. The van der Waals surface area contributed by atoms with Crippen molar-refractivity contribution in [1.29, 1.82) is 0 Å². The van der Waals surface area contributed by atoms with Crippen molar-refractivity contribution in [2.45, 2.75) is 34.1 Å². The Hall–Kier alpha value is -1.65. The monoisotopic (exact) mass is 250 g/mol. The molecule has 0 aliphatic rings. The number of anilines is 1. The lowest BCUT2D eigenvalue weighted by Gasteiger charge is -2.22. The van der Waals surface area contributed by atoms with Crippen LogP contribution < -0.4 is 10.6 Å². The molecule has 0 spiro atoms. The molecular weight excluding hydrogens is 228 g/mol. The molecule has 0 unspecified atom stereocenters. The molecule has 0 aromatic carbocycles. The van der Waals surface area contributed by atoms with Crippen molar-refractivity contribution in [3.8, 4) is 0 Å². The van der Waals surface area contributed by atoms with Crippen LogP contribution >= 0.6 is 0 Å². The van der Waals surface area contributed by atoms with Crippen molar-refractivity contribution < 1.29 is 4.79 Å². The topological polar surface area (TPSA) is 66.9 Å². The van der Waals surface area contributed by atoms with Crippen molar-refractivity contribution >= 4 is 11.7 Å². The minimum absolute atomic E-state index is 0.0996. The molecule has 1 aromatic heterocycles. The van der Waals surface area contributed by atoms with Gasteiger partial charge in [-0.05, 0) is 18.8 Å². The van der Waals surface area contributed by atoms with Gasteiger partial charge in [0.05, 0.1) is 12.4 Å². The van der Waals surface area contributed by atoms with Crippen LogP contribution in [0.25, 0.3) is 0 Å². The molecule has 1 rings (SSSR count). The van der Waals surface area contributed by atoms with Crippen molar-refractivity contribution in [1.82, 2.24) is 15.3 Å². The second-order valence-corrected chi connectivity index (χ2v) is 5.02. The van der Waals surface area contributed by atoms with Crippen LogP contribution in [0.1, 0.15) is 44.6 Å². The van der Waals surface area contributed by atoms with E-state index in [1.807, 2.05) is 6.92 Å². The SMILES string of the molecule is CCNc1cncc(C(=O)NCC(C)(C)CC)n1. The highest BCUT2D eigenvalue weighted by Gasteiger charge is 2.17. The van der Waals surface area contributed by atoms with E-state index in [0.29, 0.717) is 18.1 Å². The van der Waals surface area contributed by atoms with Crippen molar-refractivity contribution in [3.05, 3.63) is 18.1 Å².